The van der Waals surface area contributed by atoms with Crippen LogP contribution in [0.3, 0.4) is 0 Å². The monoisotopic (exact) mass is 534 g/mol. The van der Waals surface area contributed by atoms with Crippen LogP contribution in [-0.2, 0) is 4.79 Å². The molecule has 0 bridgehead atoms. The van der Waals surface area contributed by atoms with E-state index in [9.17, 15) is 4.79 Å². The number of hydrogen-bond acceptors (Lipinski definition) is 5. The van der Waals surface area contributed by atoms with Crippen LogP contribution in [0.5, 0.6) is 11.5 Å². The molecule has 0 N–H and O–H groups in total. The van der Waals surface area contributed by atoms with Crippen molar-refractivity contribution in [3.05, 3.63) is 69.0 Å². The Hall–Kier alpha value is -2.22. The van der Waals surface area contributed by atoms with Crippen molar-refractivity contribution in [3.8, 4) is 11.5 Å². The van der Waals surface area contributed by atoms with Gasteiger partial charge in [-0.15, -0.1) is 0 Å². The molecule has 1 fully saturated rings. The van der Waals surface area contributed by atoms with Gasteiger partial charge in [0.1, 0.15) is 6.61 Å². The number of nitrogens with zero attached hydrogens (tertiary/aromatic N) is 2. The predicted molar refractivity (Wildman–Crippen MR) is 137 cm³/mol. The number of thioether (sulfide) groups is 1. The molecule has 8 heteroatoms. The molecule has 1 aliphatic heterocycles. The van der Waals surface area contributed by atoms with Crippen LogP contribution in [0.1, 0.15) is 19.4 Å². The zero-order valence-corrected chi connectivity index (χ0v) is 21.3. The molecule has 1 aliphatic rings. The quantitative estimate of drug-likeness (QED) is 0.271. The van der Waals surface area contributed by atoms with Gasteiger partial charge in [-0.05, 0) is 81.6 Å². The number of methoxy groups -OCH3 is 1. The molecule has 0 radical (unpaired) electrons. The number of amidine groups is 1. The van der Waals surface area contributed by atoms with E-state index in [1.54, 1.807) is 30.2 Å². The first kappa shape index (κ1) is 24.4. The van der Waals surface area contributed by atoms with Crippen molar-refractivity contribution in [1.82, 2.24) is 4.90 Å². The number of halogens is 2. The highest BCUT2D eigenvalue weighted by Gasteiger charge is 2.33. The Morgan fingerprint density at radius 1 is 1.28 bits per heavy atom. The fourth-order valence-corrected chi connectivity index (χ4v) is 4.71. The van der Waals surface area contributed by atoms with Gasteiger partial charge in [-0.1, -0.05) is 38.1 Å². The van der Waals surface area contributed by atoms with Gasteiger partial charge in [0.15, 0.2) is 16.7 Å². The van der Waals surface area contributed by atoms with E-state index < -0.39 is 0 Å². The van der Waals surface area contributed by atoms with E-state index in [1.165, 1.54) is 11.8 Å². The van der Waals surface area contributed by atoms with E-state index in [-0.39, 0.29) is 5.91 Å². The summed E-state index contributed by atoms with van der Waals surface area (Å²) in [7, 11) is 1.58. The fourth-order valence-electron chi connectivity index (χ4n) is 3.00. The normalized spacial score (nSPS) is 16.3. The van der Waals surface area contributed by atoms with E-state index >= 15 is 0 Å². The smallest absolute Gasteiger partial charge is 0.266 e. The minimum atomic E-state index is -0.0708. The summed E-state index contributed by atoms with van der Waals surface area (Å²) in [5, 5.41) is 1.29. The number of carbonyl (C=O) groups is 1. The Balaban J connectivity index is 1.96. The standard InChI is InChI=1S/C24H24BrClN2O3S/c1-5-10-31-22-19(25)11-16(12-20(22)30-4)13-21-23(29)28(14-15(2)3)24(32-21)27-18-8-6-17(26)7-9-18/h5-9,11-13,15H,1,10,14H2,2-4H3/b21-13-,27-24?. The summed E-state index contributed by atoms with van der Waals surface area (Å²) in [4.78, 5) is 20.2. The lowest BCUT2D eigenvalue weighted by atomic mass is 10.1. The minimum absolute atomic E-state index is 0.0708. The molecule has 2 aromatic carbocycles. The molecule has 0 aliphatic carbocycles. The summed E-state index contributed by atoms with van der Waals surface area (Å²) in [6, 6.07) is 11.0. The van der Waals surface area contributed by atoms with Crippen LogP contribution < -0.4 is 9.47 Å². The molecule has 168 valence electrons. The third-order valence-corrected chi connectivity index (χ3v) is 6.23. The summed E-state index contributed by atoms with van der Waals surface area (Å²) < 4.78 is 11.9. The van der Waals surface area contributed by atoms with Gasteiger partial charge < -0.3 is 9.47 Å². The minimum Gasteiger partial charge on any atom is -0.493 e. The third-order valence-electron chi connectivity index (χ3n) is 4.38. The maximum Gasteiger partial charge on any atom is 0.266 e. The van der Waals surface area contributed by atoms with Gasteiger partial charge >= 0.3 is 0 Å². The molecular weight excluding hydrogens is 512 g/mol. The van der Waals surface area contributed by atoms with Gasteiger partial charge in [0.2, 0.25) is 0 Å². The average molecular weight is 536 g/mol. The molecule has 0 aromatic heterocycles. The fraction of sp³-hybridized carbons (Fsp3) is 0.250. The lowest BCUT2D eigenvalue weighted by molar-refractivity contribution is -0.122. The van der Waals surface area contributed by atoms with E-state index in [0.717, 1.165) is 15.7 Å². The number of ether oxygens (including phenoxy) is 2. The summed E-state index contributed by atoms with van der Waals surface area (Å²) in [6.45, 7) is 8.76. The lowest BCUT2D eigenvalue weighted by Gasteiger charge is -2.17. The third kappa shape index (κ3) is 5.97. The van der Waals surface area contributed by atoms with Crippen molar-refractivity contribution < 1.29 is 14.3 Å². The number of rotatable bonds is 8. The van der Waals surface area contributed by atoms with Crippen molar-refractivity contribution in [2.24, 2.45) is 10.9 Å². The molecule has 2 aromatic rings. The first-order chi connectivity index (χ1) is 15.3. The number of hydrogen-bond donors (Lipinski definition) is 0. The second-order valence-electron chi connectivity index (χ2n) is 7.42. The molecule has 32 heavy (non-hydrogen) atoms. The Bertz CT molecular complexity index is 1070. The molecule has 0 saturated carbocycles. The van der Waals surface area contributed by atoms with E-state index in [4.69, 9.17) is 26.1 Å². The van der Waals surface area contributed by atoms with Crippen molar-refractivity contribution in [1.29, 1.82) is 0 Å². The Morgan fingerprint density at radius 3 is 2.62 bits per heavy atom. The van der Waals surface area contributed by atoms with Crippen molar-refractivity contribution >= 4 is 62.1 Å². The van der Waals surface area contributed by atoms with Gasteiger partial charge in [-0.25, -0.2) is 4.99 Å². The molecule has 1 heterocycles. The van der Waals surface area contributed by atoms with E-state index in [0.29, 0.717) is 45.7 Å². The summed E-state index contributed by atoms with van der Waals surface area (Å²) >= 11 is 10.9. The molecule has 1 saturated heterocycles. The molecule has 3 rings (SSSR count). The molecule has 0 atom stereocenters. The van der Waals surface area contributed by atoms with Gasteiger partial charge in [0, 0.05) is 11.6 Å². The zero-order chi connectivity index (χ0) is 23.3. The second-order valence-corrected chi connectivity index (χ2v) is 9.72. The lowest BCUT2D eigenvalue weighted by Crippen LogP contribution is -2.32. The topological polar surface area (TPSA) is 51.1 Å². The van der Waals surface area contributed by atoms with Gasteiger partial charge in [0.05, 0.1) is 22.2 Å². The summed E-state index contributed by atoms with van der Waals surface area (Å²) in [5.74, 6) is 1.38. The van der Waals surface area contributed by atoms with Gasteiger partial charge in [-0.2, -0.15) is 0 Å². The number of carbonyl (C=O) groups excluding carboxylic acids is 1. The highest BCUT2D eigenvalue weighted by atomic mass is 79.9. The van der Waals surface area contributed by atoms with Crippen LogP contribution in [0.4, 0.5) is 5.69 Å². The Morgan fingerprint density at radius 2 is 2.00 bits per heavy atom. The molecular formula is C24H24BrClN2O3S. The molecule has 0 unspecified atom stereocenters. The highest BCUT2D eigenvalue weighted by molar-refractivity contribution is 9.10. The summed E-state index contributed by atoms with van der Waals surface area (Å²) in [6.07, 6.45) is 3.51. The van der Waals surface area contributed by atoms with Crippen LogP contribution in [0.2, 0.25) is 5.02 Å². The van der Waals surface area contributed by atoms with E-state index in [2.05, 4.69) is 36.4 Å². The van der Waals surface area contributed by atoms with Gasteiger partial charge in [-0.3, -0.25) is 9.69 Å². The number of benzene rings is 2. The summed E-state index contributed by atoms with van der Waals surface area (Å²) in [5.41, 5.74) is 1.56. The average Bonchev–Trinajstić information content (AvgIpc) is 3.02. The Labute approximate surface area is 206 Å². The maximum atomic E-state index is 13.2. The molecule has 0 spiro atoms. The second kappa shape index (κ2) is 11.1. The van der Waals surface area contributed by atoms with Crippen LogP contribution in [0.15, 0.2) is 63.4 Å². The van der Waals surface area contributed by atoms with Crippen LogP contribution in [-0.4, -0.2) is 36.2 Å². The van der Waals surface area contributed by atoms with Crippen molar-refractivity contribution in [3.63, 3.8) is 0 Å². The Kier molecular flexibility index (Phi) is 8.45. The predicted octanol–water partition coefficient (Wildman–Crippen LogP) is 6.94. The highest BCUT2D eigenvalue weighted by Crippen LogP contribution is 2.39. The van der Waals surface area contributed by atoms with Crippen LogP contribution in [0.25, 0.3) is 6.08 Å². The zero-order valence-electron chi connectivity index (χ0n) is 18.1. The molecule has 1 amide bonds. The number of aliphatic imine (C=N–C) groups is 1. The first-order valence-electron chi connectivity index (χ1n) is 9.99. The van der Waals surface area contributed by atoms with Crippen molar-refractivity contribution in [2.45, 2.75) is 13.8 Å². The van der Waals surface area contributed by atoms with Crippen LogP contribution >= 0.6 is 39.3 Å². The SMILES string of the molecule is C=CCOc1c(Br)cc(/C=C2\SC(=Nc3ccc(Cl)cc3)N(CC(C)C)C2=O)cc1OC. The first-order valence-corrected chi connectivity index (χ1v) is 12.0. The molecule has 5 nitrogen and oxygen atoms in total. The van der Waals surface area contributed by atoms with Gasteiger partial charge in [0.25, 0.3) is 5.91 Å². The van der Waals surface area contributed by atoms with Crippen LogP contribution in [0, 0.1) is 5.92 Å². The number of amides is 1. The maximum absolute atomic E-state index is 13.2. The van der Waals surface area contributed by atoms with E-state index in [1.807, 2.05) is 30.3 Å². The van der Waals surface area contributed by atoms with Crippen molar-refractivity contribution in [2.75, 3.05) is 20.3 Å². The largest absolute Gasteiger partial charge is 0.493 e.